The van der Waals surface area contributed by atoms with Crippen LogP contribution >= 0.6 is 0 Å². The van der Waals surface area contributed by atoms with Gasteiger partial charge >= 0.3 is 5.97 Å². The van der Waals surface area contributed by atoms with E-state index in [9.17, 15) is 9.90 Å². The van der Waals surface area contributed by atoms with Crippen molar-refractivity contribution in [3.8, 4) is 0 Å². The summed E-state index contributed by atoms with van der Waals surface area (Å²) < 4.78 is 1.68. The van der Waals surface area contributed by atoms with Gasteiger partial charge < -0.3 is 10.0 Å². The molecule has 3 heterocycles. The van der Waals surface area contributed by atoms with Gasteiger partial charge in [-0.3, -0.25) is 4.68 Å². The van der Waals surface area contributed by atoms with Crippen molar-refractivity contribution >= 4 is 22.7 Å². The SMILES string of the molecule is CC1CCC(C)N(c2c(C(=O)O)cnc3c2cnn3C)C1. The first-order valence-electron chi connectivity index (χ1n) is 7.29. The lowest BCUT2D eigenvalue weighted by Crippen LogP contribution is -2.42. The Kier molecular flexibility index (Phi) is 3.31. The number of nitrogens with zero attached hydrogens (tertiary/aromatic N) is 4. The van der Waals surface area contributed by atoms with E-state index in [-0.39, 0.29) is 5.56 Å². The summed E-state index contributed by atoms with van der Waals surface area (Å²) in [6.07, 6.45) is 5.43. The van der Waals surface area contributed by atoms with Crippen molar-refractivity contribution in [3.05, 3.63) is 18.0 Å². The predicted molar refractivity (Wildman–Crippen MR) is 80.7 cm³/mol. The number of aryl methyl sites for hydroxylation is 1. The van der Waals surface area contributed by atoms with Crippen molar-refractivity contribution < 1.29 is 9.90 Å². The second-order valence-corrected chi connectivity index (χ2v) is 6.01. The van der Waals surface area contributed by atoms with Gasteiger partial charge in [0, 0.05) is 25.8 Å². The van der Waals surface area contributed by atoms with Gasteiger partial charge in [0.15, 0.2) is 5.65 Å². The van der Waals surface area contributed by atoms with Crippen LogP contribution in [-0.2, 0) is 7.05 Å². The van der Waals surface area contributed by atoms with E-state index in [1.54, 1.807) is 10.9 Å². The molecular formula is C15H20N4O2. The molecule has 2 unspecified atom stereocenters. The highest BCUT2D eigenvalue weighted by atomic mass is 16.4. The summed E-state index contributed by atoms with van der Waals surface area (Å²) in [7, 11) is 1.82. The van der Waals surface area contributed by atoms with Crippen LogP contribution in [0.3, 0.4) is 0 Å². The van der Waals surface area contributed by atoms with Gasteiger partial charge in [-0.05, 0) is 25.7 Å². The van der Waals surface area contributed by atoms with Gasteiger partial charge in [0.05, 0.1) is 17.3 Å². The minimum atomic E-state index is -0.936. The van der Waals surface area contributed by atoms with Gasteiger partial charge in [-0.1, -0.05) is 6.92 Å². The maximum atomic E-state index is 11.6. The van der Waals surface area contributed by atoms with E-state index in [0.29, 0.717) is 12.0 Å². The average molecular weight is 288 g/mol. The van der Waals surface area contributed by atoms with Gasteiger partial charge in [-0.15, -0.1) is 0 Å². The summed E-state index contributed by atoms with van der Waals surface area (Å²) in [5, 5.41) is 14.6. The van der Waals surface area contributed by atoms with Gasteiger partial charge in [-0.2, -0.15) is 5.10 Å². The highest BCUT2D eigenvalue weighted by Gasteiger charge is 2.29. The fraction of sp³-hybridized carbons (Fsp3) is 0.533. The fourth-order valence-electron chi connectivity index (χ4n) is 3.15. The third-order valence-corrected chi connectivity index (χ3v) is 4.37. The molecule has 0 radical (unpaired) electrons. The predicted octanol–water partition coefficient (Wildman–Crippen LogP) is 2.29. The molecule has 6 nitrogen and oxygen atoms in total. The fourth-order valence-corrected chi connectivity index (χ4v) is 3.15. The van der Waals surface area contributed by atoms with E-state index >= 15 is 0 Å². The molecule has 0 amide bonds. The number of aromatic nitrogens is 3. The number of carboxylic acid groups (broad SMARTS) is 1. The number of carbonyl (C=O) groups is 1. The first-order valence-corrected chi connectivity index (χ1v) is 7.29. The Morgan fingerprint density at radius 1 is 1.33 bits per heavy atom. The molecule has 21 heavy (non-hydrogen) atoms. The van der Waals surface area contributed by atoms with E-state index in [1.165, 1.54) is 12.6 Å². The van der Waals surface area contributed by atoms with Crippen molar-refractivity contribution in [2.75, 3.05) is 11.4 Å². The molecular weight excluding hydrogens is 268 g/mol. The number of pyridine rings is 1. The normalized spacial score (nSPS) is 22.7. The first-order chi connectivity index (χ1) is 9.99. The van der Waals surface area contributed by atoms with Crippen LogP contribution in [-0.4, -0.2) is 38.4 Å². The van der Waals surface area contributed by atoms with Crippen LogP contribution in [0.15, 0.2) is 12.4 Å². The maximum Gasteiger partial charge on any atom is 0.339 e. The minimum Gasteiger partial charge on any atom is -0.478 e. The van der Waals surface area contributed by atoms with Crippen LogP contribution in [0.5, 0.6) is 0 Å². The lowest BCUT2D eigenvalue weighted by Gasteiger charge is -2.39. The number of fused-ring (bicyclic) bond motifs is 1. The van der Waals surface area contributed by atoms with Gasteiger partial charge in [0.2, 0.25) is 0 Å². The summed E-state index contributed by atoms with van der Waals surface area (Å²) in [5.74, 6) is -0.378. The number of aromatic carboxylic acids is 1. The molecule has 0 aromatic carbocycles. The number of anilines is 1. The summed E-state index contributed by atoms with van der Waals surface area (Å²) >= 11 is 0. The Morgan fingerprint density at radius 3 is 2.81 bits per heavy atom. The topological polar surface area (TPSA) is 71.2 Å². The van der Waals surface area contributed by atoms with Crippen LogP contribution in [0.1, 0.15) is 37.0 Å². The summed E-state index contributed by atoms with van der Waals surface area (Å²) in [6.45, 7) is 5.23. The van der Waals surface area contributed by atoms with Crippen LogP contribution in [0.4, 0.5) is 5.69 Å². The average Bonchev–Trinajstić information content (AvgIpc) is 2.82. The first kappa shape index (κ1) is 13.9. The van der Waals surface area contributed by atoms with Crippen LogP contribution in [0.25, 0.3) is 11.0 Å². The molecule has 112 valence electrons. The van der Waals surface area contributed by atoms with Gasteiger partial charge in [0.1, 0.15) is 5.56 Å². The number of piperidine rings is 1. The highest BCUT2D eigenvalue weighted by molar-refractivity contribution is 6.03. The summed E-state index contributed by atoms with van der Waals surface area (Å²) in [6, 6.07) is 0.324. The van der Waals surface area contributed by atoms with E-state index in [4.69, 9.17) is 0 Å². The number of rotatable bonds is 2. The van der Waals surface area contributed by atoms with Gasteiger partial charge in [0.25, 0.3) is 0 Å². The molecule has 0 spiro atoms. The number of carboxylic acids is 1. The molecule has 2 atom stereocenters. The van der Waals surface area contributed by atoms with Gasteiger partial charge in [-0.25, -0.2) is 9.78 Å². The Morgan fingerprint density at radius 2 is 2.10 bits per heavy atom. The Bertz CT molecular complexity index is 694. The smallest absolute Gasteiger partial charge is 0.339 e. The molecule has 3 rings (SSSR count). The third-order valence-electron chi connectivity index (χ3n) is 4.37. The Labute approximate surface area is 123 Å². The molecule has 0 aliphatic carbocycles. The van der Waals surface area contributed by atoms with Crippen LogP contribution in [0.2, 0.25) is 0 Å². The Balaban J connectivity index is 2.22. The standard InChI is InChI=1S/C15H20N4O2/c1-9-4-5-10(2)19(8-9)13-11-7-17-18(3)14(11)16-6-12(13)15(20)21/h6-7,9-10H,4-5,8H2,1-3H3,(H,20,21). The lowest BCUT2D eigenvalue weighted by molar-refractivity contribution is 0.0697. The van der Waals surface area contributed by atoms with Crippen molar-refractivity contribution in [2.24, 2.45) is 13.0 Å². The molecule has 0 bridgehead atoms. The van der Waals surface area contributed by atoms with Crippen LogP contribution in [0, 0.1) is 5.92 Å². The zero-order valence-corrected chi connectivity index (χ0v) is 12.6. The molecule has 0 saturated carbocycles. The van der Waals surface area contributed by atoms with E-state index in [2.05, 4.69) is 28.8 Å². The van der Waals surface area contributed by atoms with E-state index < -0.39 is 5.97 Å². The second-order valence-electron chi connectivity index (χ2n) is 6.01. The molecule has 1 aliphatic rings. The highest BCUT2D eigenvalue weighted by Crippen LogP contribution is 2.35. The lowest BCUT2D eigenvalue weighted by atomic mass is 9.93. The molecule has 1 fully saturated rings. The molecule has 6 heteroatoms. The monoisotopic (exact) mass is 288 g/mol. The van der Waals surface area contributed by atoms with Crippen molar-refractivity contribution in [1.82, 2.24) is 14.8 Å². The second kappa shape index (κ2) is 5.02. The molecule has 1 aliphatic heterocycles. The number of hydrogen-bond acceptors (Lipinski definition) is 4. The van der Waals surface area contributed by atoms with E-state index in [1.807, 2.05) is 7.05 Å². The quantitative estimate of drug-likeness (QED) is 0.918. The van der Waals surface area contributed by atoms with Crippen molar-refractivity contribution in [1.29, 1.82) is 0 Å². The molecule has 2 aromatic heterocycles. The molecule has 1 N–H and O–H groups in total. The van der Waals surface area contributed by atoms with Crippen LogP contribution < -0.4 is 4.90 Å². The van der Waals surface area contributed by atoms with E-state index in [0.717, 1.165) is 29.7 Å². The van der Waals surface area contributed by atoms with Crippen molar-refractivity contribution in [2.45, 2.75) is 32.7 Å². The largest absolute Gasteiger partial charge is 0.478 e. The Hall–Kier alpha value is -2.11. The minimum absolute atomic E-state index is 0.261. The summed E-state index contributed by atoms with van der Waals surface area (Å²) in [5.41, 5.74) is 1.75. The van der Waals surface area contributed by atoms with Crippen molar-refractivity contribution in [3.63, 3.8) is 0 Å². The zero-order valence-electron chi connectivity index (χ0n) is 12.6. The molecule has 1 saturated heterocycles. The zero-order chi connectivity index (χ0) is 15.1. The maximum absolute atomic E-state index is 11.6. The summed E-state index contributed by atoms with van der Waals surface area (Å²) in [4.78, 5) is 18.1. The number of hydrogen-bond donors (Lipinski definition) is 1. The molecule has 2 aromatic rings. The third kappa shape index (κ3) is 2.24.